The predicted molar refractivity (Wildman–Crippen MR) is 91.2 cm³/mol. The summed E-state index contributed by atoms with van der Waals surface area (Å²) >= 11 is 6.38. The van der Waals surface area contributed by atoms with Crippen molar-refractivity contribution in [2.45, 2.75) is 13.0 Å². The lowest BCUT2D eigenvalue weighted by Gasteiger charge is -2.33. The molecule has 0 saturated carbocycles. The molecule has 0 amide bonds. The van der Waals surface area contributed by atoms with Gasteiger partial charge in [0.15, 0.2) is 5.65 Å². The Morgan fingerprint density at radius 3 is 2.96 bits per heavy atom. The lowest BCUT2D eigenvalue weighted by molar-refractivity contribution is 0.0395. The third kappa shape index (κ3) is 2.81. The van der Waals surface area contributed by atoms with Crippen LogP contribution in [-0.2, 0) is 11.8 Å². The smallest absolute Gasteiger partial charge is 0.182 e. The van der Waals surface area contributed by atoms with E-state index in [0.29, 0.717) is 29.3 Å². The number of rotatable bonds is 2. The Labute approximate surface area is 144 Å². The molecule has 4 heterocycles. The second-order valence-corrected chi connectivity index (χ2v) is 6.31. The molecular formula is C16H17ClN6O. The van der Waals surface area contributed by atoms with E-state index in [0.717, 1.165) is 23.6 Å². The van der Waals surface area contributed by atoms with E-state index in [4.69, 9.17) is 16.3 Å². The zero-order valence-corrected chi connectivity index (χ0v) is 14.2. The van der Waals surface area contributed by atoms with Crippen molar-refractivity contribution in [3.63, 3.8) is 0 Å². The Balaban J connectivity index is 1.66. The number of hydrogen-bond acceptors (Lipinski definition) is 6. The summed E-state index contributed by atoms with van der Waals surface area (Å²) in [4.78, 5) is 15.6. The van der Waals surface area contributed by atoms with Crippen LogP contribution in [0.15, 0.2) is 24.7 Å². The van der Waals surface area contributed by atoms with Gasteiger partial charge in [-0.05, 0) is 6.92 Å². The second kappa shape index (κ2) is 5.99. The Hall–Kier alpha value is -2.25. The lowest BCUT2D eigenvalue weighted by atomic mass is 10.1. The first-order chi connectivity index (χ1) is 11.6. The van der Waals surface area contributed by atoms with Gasteiger partial charge in [0, 0.05) is 44.2 Å². The third-order valence-corrected chi connectivity index (χ3v) is 4.35. The fourth-order valence-electron chi connectivity index (χ4n) is 2.86. The number of anilines is 1. The molecule has 0 spiro atoms. The molecule has 1 atom stereocenters. The topological polar surface area (TPSA) is 69.0 Å². The van der Waals surface area contributed by atoms with E-state index in [9.17, 15) is 0 Å². The van der Waals surface area contributed by atoms with Crippen LogP contribution in [0.25, 0.3) is 11.2 Å². The van der Waals surface area contributed by atoms with Crippen molar-refractivity contribution in [1.82, 2.24) is 24.7 Å². The maximum atomic E-state index is 6.38. The highest BCUT2D eigenvalue weighted by molar-refractivity contribution is 6.35. The number of hydrogen-bond donors (Lipinski definition) is 0. The Bertz CT molecular complexity index is 895. The zero-order valence-electron chi connectivity index (χ0n) is 13.5. The summed E-state index contributed by atoms with van der Waals surface area (Å²) < 4.78 is 7.66. The van der Waals surface area contributed by atoms with Crippen LogP contribution in [0.1, 0.15) is 17.4 Å². The van der Waals surface area contributed by atoms with E-state index < -0.39 is 0 Å². The number of halogens is 1. The van der Waals surface area contributed by atoms with Crippen molar-refractivity contribution in [3.8, 4) is 0 Å². The largest absolute Gasteiger partial charge is 0.370 e. The molecule has 1 unspecified atom stereocenters. The van der Waals surface area contributed by atoms with Gasteiger partial charge in [-0.2, -0.15) is 5.10 Å². The third-order valence-electron chi connectivity index (χ3n) is 4.06. The molecule has 8 heteroatoms. The molecule has 24 heavy (non-hydrogen) atoms. The molecule has 3 aromatic rings. The van der Waals surface area contributed by atoms with E-state index in [1.807, 2.05) is 32.4 Å². The van der Waals surface area contributed by atoms with E-state index in [1.54, 1.807) is 10.9 Å². The summed E-state index contributed by atoms with van der Waals surface area (Å²) in [6, 6.07) is 1.85. The summed E-state index contributed by atoms with van der Waals surface area (Å²) in [6.45, 7) is 3.96. The first-order valence-electron chi connectivity index (χ1n) is 7.75. The van der Waals surface area contributed by atoms with E-state index >= 15 is 0 Å². The van der Waals surface area contributed by atoms with Crippen LogP contribution in [-0.4, -0.2) is 44.4 Å². The highest BCUT2D eigenvalue weighted by atomic mass is 35.5. The highest BCUT2D eigenvalue weighted by Gasteiger charge is 2.24. The summed E-state index contributed by atoms with van der Waals surface area (Å²) in [5.41, 5.74) is 3.08. The molecule has 0 N–H and O–H groups in total. The molecule has 0 bridgehead atoms. The fourth-order valence-corrected chi connectivity index (χ4v) is 3.09. The average Bonchev–Trinajstić information content (AvgIpc) is 3.01. The number of nitrogens with zero attached hydrogens (tertiary/aromatic N) is 6. The molecule has 4 rings (SSSR count). The van der Waals surface area contributed by atoms with Crippen molar-refractivity contribution in [3.05, 3.63) is 40.9 Å². The van der Waals surface area contributed by atoms with Crippen LogP contribution in [0.3, 0.4) is 0 Å². The lowest BCUT2D eigenvalue weighted by Crippen LogP contribution is -2.38. The van der Waals surface area contributed by atoms with Gasteiger partial charge in [-0.1, -0.05) is 11.6 Å². The number of morpholine rings is 1. The molecule has 0 aromatic carbocycles. The number of aromatic nitrogens is 5. The predicted octanol–water partition coefficient (Wildman–Crippen LogP) is 2.30. The van der Waals surface area contributed by atoms with Crippen molar-refractivity contribution >= 4 is 28.6 Å². The fraction of sp³-hybridized carbons (Fsp3) is 0.375. The number of fused-ring (bicyclic) bond motifs is 1. The van der Waals surface area contributed by atoms with Gasteiger partial charge in [0.05, 0.1) is 23.5 Å². The standard InChI is InChI=1S/C16H17ClN6O/c1-10-6-18-15-12(17)5-14(21-16(15)20-10)23-3-4-24-13(9-23)11-7-19-22(2)8-11/h5-8,13H,3-4,9H2,1-2H3. The maximum Gasteiger partial charge on any atom is 0.182 e. The van der Waals surface area contributed by atoms with Crippen LogP contribution in [0, 0.1) is 6.92 Å². The summed E-state index contributed by atoms with van der Waals surface area (Å²) in [6.07, 6.45) is 5.48. The van der Waals surface area contributed by atoms with Crippen LogP contribution in [0.4, 0.5) is 5.82 Å². The van der Waals surface area contributed by atoms with E-state index in [1.165, 1.54) is 0 Å². The van der Waals surface area contributed by atoms with Crippen LogP contribution in [0.5, 0.6) is 0 Å². The summed E-state index contributed by atoms with van der Waals surface area (Å²) in [5.74, 6) is 0.796. The minimum Gasteiger partial charge on any atom is -0.370 e. The Kier molecular flexibility index (Phi) is 3.82. The van der Waals surface area contributed by atoms with Gasteiger partial charge in [0.1, 0.15) is 17.4 Å². The second-order valence-electron chi connectivity index (χ2n) is 5.90. The van der Waals surface area contributed by atoms with E-state index in [-0.39, 0.29) is 6.10 Å². The molecule has 1 saturated heterocycles. The van der Waals surface area contributed by atoms with Gasteiger partial charge in [0.25, 0.3) is 0 Å². The van der Waals surface area contributed by atoms with E-state index in [2.05, 4.69) is 25.0 Å². The van der Waals surface area contributed by atoms with Crippen LogP contribution >= 0.6 is 11.6 Å². The van der Waals surface area contributed by atoms with Gasteiger partial charge in [-0.3, -0.25) is 4.68 Å². The molecule has 0 radical (unpaired) electrons. The minimum absolute atomic E-state index is 0.0349. The molecule has 0 aliphatic carbocycles. The van der Waals surface area contributed by atoms with Crippen molar-refractivity contribution < 1.29 is 4.74 Å². The first-order valence-corrected chi connectivity index (χ1v) is 8.13. The maximum absolute atomic E-state index is 6.38. The molecule has 7 nitrogen and oxygen atoms in total. The van der Waals surface area contributed by atoms with Crippen molar-refractivity contribution in [2.75, 3.05) is 24.6 Å². The first kappa shape index (κ1) is 15.3. The van der Waals surface area contributed by atoms with Crippen molar-refractivity contribution in [1.29, 1.82) is 0 Å². The zero-order chi connectivity index (χ0) is 16.7. The molecule has 1 fully saturated rings. The minimum atomic E-state index is -0.0349. The highest BCUT2D eigenvalue weighted by Crippen LogP contribution is 2.28. The summed E-state index contributed by atoms with van der Waals surface area (Å²) in [5, 5.41) is 4.78. The SMILES string of the molecule is Cc1cnc2c(Cl)cc(N3CCOC(c4cnn(C)c4)C3)nc2n1. The molecule has 124 valence electrons. The number of pyridine rings is 1. The average molecular weight is 345 g/mol. The number of aryl methyl sites for hydroxylation is 2. The quantitative estimate of drug-likeness (QED) is 0.710. The number of ether oxygens (including phenoxy) is 1. The Morgan fingerprint density at radius 2 is 2.17 bits per heavy atom. The Morgan fingerprint density at radius 1 is 1.29 bits per heavy atom. The van der Waals surface area contributed by atoms with Gasteiger partial charge >= 0.3 is 0 Å². The van der Waals surface area contributed by atoms with Gasteiger partial charge in [-0.25, -0.2) is 15.0 Å². The monoisotopic (exact) mass is 344 g/mol. The summed E-state index contributed by atoms with van der Waals surface area (Å²) in [7, 11) is 1.90. The van der Waals surface area contributed by atoms with Gasteiger partial charge in [0.2, 0.25) is 0 Å². The van der Waals surface area contributed by atoms with Crippen LogP contribution in [0.2, 0.25) is 5.02 Å². The van der Waals surface area contributed by atoms with Gasteiger partial charge in [-0.15, -0.1) is 0 Å². The molecular weight excluding hydrogens is 328 g/mol. The normalized spacial score (nSPS) is 18.3. The molecule has 1 aliphatic rings. The molecule has 3 aromatic heterocycles. The van der Waals surface area contributed by atoms with Crippen LogP contribution < -0.4 is 4.90 Å². The molecule has 1 aliphatic heterocycles. The van der Waals surface area contributed by atoms with Gasteiger partial charge < -0.3 is 9.64 Å². The van der Waals surface area contributed by atoms with Crippen molar-refractivity contribution in [2.24, 2.45) is 7.05 Å².